The van der Waals surface area contributed by atoms with Crippen LogP contribution in [0.5, 0.6) is 0 Å². The van der Waals surface area contributed by atoms with Crippen LogP contribution in [0.2, 0.25) is 0 Å². The Hall–Kier alpha value is -3.08. The minimum Gasteiger partial charge on any atom is -0.356 e. The van der Waals surface area contributed by atoms with Crippen LogP contribution >= 0.6 is 0 Å². The van der Waals surface area contributed by atoms with Gasteiger partial charge in [0.2, 0.25) is 5.91 Å². The quantitative estimate of drug-likeness (QED) is 0.709. The smallest absolute Gasteiger partial charge is 0.251 e. The molecule has 0 radical (unpaired) electrons. The Morgan fingerprint density at radius 2 is 1.86 bits per heavy atom. The van der Waals surface area contributed by atoms with Gasteiger partial charge in [-0.05, 0) is 43.0 Å². The molecule has 150 valence electrons. The molecule has 2 aromatic carbocycles. The number of para-hydroxylation sites is 1. The summed E-state index contributed by atoms with van der Waals surface area (Å²) in [5.74, 6) is -0.00455. The average Bonchev–Trinajstić information content (AvgIpc) is 3.10. The monoisotopic (exact) mass is 389 g/mol. The maximum absolute atomic E-state index is 13.0. The summed E-state index contributed by atoms with van der Waals surface area (Å²) < 4.78 is 0. The Balaban J connectivity index is 1.52. The van der Waals surface area contributed by atoms with E-state index in [2.05, 4.69) is 42.3 Å². The fourth-order valence-corrected chi connectivity index (χ4v) is 4.31. The van der Waals surface area contributed by atoms with Gasteiger partial charge in [-0.3, -0.25) is 9.59 Å². The van der Waals surface area contributed by atoms with Crippen molar-refractivity contribution in [2.24, 2.45) is 5.92 Å². The number of H-pyrrole nitrogens is 1. The second-order valence-corrected chi connectivity index (χ2v) is 8.14. The largest absolute Gasteiger partial charge is 0.356 e. The number of carbonyl (C=O) groups excluding carboxylic acids is 2. The number of nitrogens with zero attached hydrogens (tertiary/aromatic N) is 1. The summed E-state index contributed by atoms with van der Waals surface area (Å²) in [6, 6.07) is 15.6. The van der Waals surface area contributed by atoms with Gasteiger partial charge >= 0.3 is 0 Å². The molecule has 5 heteroatoms. The van der Waals surface area contributed by atoms with Crippen molar-refractivity contribution in [2.75, 3.05) is 13.1 Å². The van der Waals surface area contributed by atoms with Gasteiger partial charge in [0, 0.05) is 28.7 Å². The lowest BCUT2D eigenvalue weighted by Crippen LogP contribution is -2.46. The van der Waals surface area contributed by atoms with E-state index in [-0.39, 0.29) is 30.3 Å². The molecule has 3 aromatic rings. The van der Waals surface area contributed by atoms with Crippen LogP contribution in [0, 0.1) is 12.8 Å². The first-order valence-corrected chi connectivity index (χ1v) is 10.2. The Labute approximate surface area is 171 Å². The van der Waals surface area contributed by atoms with E-state index in [1.165, 1.54) is 10.9 Å². The minimum atomic E-state index is -0.220. The molecule has 1 aliphatic rings. The Morgan fingerprint density at radius 1 is 1.14 bits per heavy atom. The van der Waals surface area contributed by atoms with Crippen molar-refractivity contribution in [3.05, 3.63) is 70.9 Å². The van der Waals surface area contributed by atoms with Gasteiger partial charge in [0.25, 0.3) is 5.91 Å². The number of fused-ring (bicyclic) bond motifs is 3. The summed E-state index contributed by atoms with van der Waals surface area (Å²) in [7, 11) is 0. The van der Waals surface area contributed by atoms with Crippen molar-refractivity contribution in [1.82, 2.24) is 15.2 Å². The molecule has 2 N–H and O–H groups in total. The van der Waals surface area contributed by atoms with E-state index < -0.39 is 0 Å². The maximum Gasteiger partial charge on any atom is 0.251 e. The van der Waals surface area contributed by atoms with Crippen LogP contribution in [-0.2, 0) is 11.2 Å². The molecule has 0 bridgehead atoms. The van der Waals surface area contributed by atoms with Crippen molar-refractivity contribution < 1.29 is 9.59 Å². The third-order valence-electron chi connectivity index (χ3n) is 5.75. The first kappa shape index (κ1) is 19.2. The zero-order chi connectivity index (χ0) is 20.5. The van der Waals surface area contributed by atoms with E-state index in [1.54, 1.807) is 12.1 Å². The summed E-state index contributed by atoms with van der Waals surface area (Å²) in [5, 5.41) is 4.03. The summed E-state index contributed by atoms with van der Waals surface area (Å²) in [6.07, 6.45) is 0.820. The highest BCUT2D eigenvalue weighted by Crippen LogP contribution is 2.38. The van der Waals surface area contributed by atoms with Crippen LogP contribution in [-0.4, -0.2) is 34.8 Å². The number of amides is 2. The molecule has 0 saturated carbocycles. The summed E-state index contributed by atoms with van der Waals surface area (Å²) in [6.45, 7) is 6.92. The molecular formula is C24H27N3O2. The van der Waals surface area contributed by atoms with Crippen LogP contribution in [0.15, 0.2) is 48.5 Å². The number of hydrogen-bond donors (Lipinski definition) is 2. The van der Waals surface area contributed by atoms with Crippen molar-refractivity contribution >= 4 is 22.7 Å². The molecule has 2 amide bonds. The first-order valence-electron chi connectivity index (χ1n) is 10.2. The van der Waals surface area contributed by atoms with Gasteiger partial charge in [0.15, 0.2) is 0 Å². The lowest BCUT2D eigenvalue weighted by molar-refractivity contribution is -0.134. The maximum atomic E-state index is 13.0. The lowest BCUT2D eigenvalue weighted by Gasteiger charge is -2.38. The van der Waals surface area contributed by atoms with Gasteiger partial charge < -0.3 is 15.2 Å². The van der Waals surface area contributed by atoms with Gasteiger partial charge in [0.1, 0.15) is 0 Å². The van der Waals surface area contributed by atoms with Crippen molar-refractivity contribution in [2.45, 2.75) is 33.2 Å². The highest BCUT2D eigenvalue weighted by molar-refractivity contribution is 5.96. The molecule has 1 aromatic heterocycles. The van der Waals surface area contributed by atoms with E-state index in [0.717, 1.165) is 23.2 Å². The van der Waals surface area contributed by atoms with Gasteiger partial charge in [-0.2, -0.15) is 0 Å². The van der Waals surface area contributed by atoms with Gasteiger partial charge in [-0.1, -0.05) is 49.7 Å². The molecule has 2 heterocycles. The topological polar surface area (TPSA) is 65.2 Å². The number of carbonyl (C=O) groups is 2. The predicted octanol–water partition coefficient (Wildman–Crippen LogP) is 3.99. The van der Waals surface area contributed by atoms with E-state index in [0.29, 0.717) is 12.1 Å². The molecule has 1 unspecified atom stereocenters. The molecule has 0 aliphatic carbocycles. The second-order valence-electron chi connectivity index (χ2n) is 8.14. The number of aromatic nitrogens is 1. The Morgan fingerprint density at radius 3 is 2.59 bits per heavy atom. The predicted molar refractivity (Wildman–Crippen MR) is 115 cm³/mol. The molecule has 29 heavy (non-hydrogen) atoms. The van der Waals surface area contributed by atoms with Crippen molar-refractivity contribution in [3.8, 4) is 0 Å². The zero-order valence-electron chi connectivity index (χ0n) is 17.2. The first-order chi connectivity index (χ1) is 14.0. The molecule has 0 fully saturated rings. The summed E-state index contributed by atoms with van der Waals surface area (Å²) in [5.41, 5.74) is 5.23. The molecule has 5 nitrogen and oxygen atoms in total. The molecule has 4 rings (SSSR count). The van der Waals surface area contributed by atoms with Gasteiger partial charge in [-0.15, -0.1) is 0 Å². The molecule has 0 spiro atoms. The molecular weight excluding hydrogens is 362 g/mol. The minimum absolute atomic E-state index is 0.00545. The zero-order valence-corrected chi connectivity index (χ0v) is 17.2. The third-order valence-corrected chi connectivity index (χ3v) is 5.75. The van der Waals surface area contributed by atoms with Crippen molar-refractivity contribution in [1.29, 1.82) is 0 Å². The normalized spacial score (nSPS) is 16.1. The summed E-state index contributed by atoms with van der Waals surface area (Å²) in [4.78, 5) is 30.9. The molecule has 1 atom stereocenters. The fraction of sp³-hybridized carbons (Fsp3) is 0.333. The third kappa shape index (κ3) is 3.65. The van der Waals surface area contributed by atoms with E-state index >= 15 is 0 Å². The highest BCUT2D eigenvalue weighted by atomic mass is 16.2. The SMILES string of the molecule is Cc1ccc(C(=O)NCC(=O)N2CCc3c([nH]c4ccccc34)C2C(C)C)cc1. The average molecular weight is 389 g/mol. The Kier molecular flexibility index (Phi) is 5.14. The van der Waals surface area contributed by atoms with Crippen molar-refractivity contribution in [3.63, 3.8) is 0 Å². The molecule has 1 aliphatic heterocycles. The number of aryl methyl sites for hydroxylation is 1. The van der Waals surface area contributed by atoms with Crippen LogP contribution in [0.1, 0.15) is 47.1 Å². The standard InChI is InChI=1S/C24H27N3O2/c1-15(2)23-22-19(18-6-4-5-7-20(18)26-22)12-13-27(23)21(28)14-25-24(29)17-10-8-16(3)9-11-17/h4-11,15,23,26H,12-14H2,1-3H3,(H,25,29). The number of rotatable bonds is 4. The number of nitrogens with one attached hydrogen (secondary N) is 2. The Bertz CT molecular complexity index is 1050. The van der Waals surface area contributed by atoms with E-state index in [4.69, 9.17) is 0 Å². The fourth-order valence-electron chi connectivity index (χ4n) is 4.31. The highest BCUT2D eigenvalue weighted by Gasteiger charge is 2.35. The summed E-state index contributed by atoms with van der Waals surface area (Å²) >= 11 is 0. The number of aromatic amines is 1. The van der Waals surface area contributed by atoms with Crippen LogP contribution < -0.4 is 5.32 Å². The number of benzene rings is 2. The van der Waals surface area contributed by atoms with Gasteiger partial charge in [-0.25, -0.2) is 0 Å². The van der Waals surface area contributed by atoms with E-state index in [1.807, 2.05) is 30.0 Å². The number of hydrogen-bond acceptors (Lipinski definition) is 2. The lowest BCUT2D eigenvalue weighted by atomic mass is 9.90. The molecule has 0 saturated heterocycles. The van der Waals surface area contributed by atoms with E-state index in [9.17, 15) is 9.59 Å². The second kappa shape index (κ2) is 7.74. The van der Waals surface area contributed by atoms with Crippen LogP contribution in [0.25, 0.3) is 10.9 Å². The van der Waals surface area contributed by atoms with Gasteiger partial charge in [0.05, 0.1) is 12.6 Å². The van der Waals surface area contributed by atoms with Crippen LogP contribution in [0.3, 0.4) is 0 Å². The van der Waals surface area contributed by atoms with Crippen LogP contribution in [0.4, 0.5) is 0 Å².